The highest BCUT2D eigenvalue weighted by molar-refractivity contribution is 7.87. The topological polar surface area (TPSA) is 116 Å². The van der Waals surface area contributed by atoms with E-state index in [4.69, 9.17) is 9.84 Å². The summed E-state index contributed by atoms with van der Waals surface area (Å²) >= 11 is 0. The van der Waals surface area contributed by atoms with Crippen LogP contribution in [0.4, 0.5) is 4.79 Å². The molecule has 1 unspecified atom stereocenters. The number of carboxylic acid groups (broad SMARTS) is 1. The number of nitrogens with one attached hydrogen (secondary N) is 1. The summed E-state index contributed by atoms with van der Waals surface area (Å²) < 4.78 is 31.6. The summed E-state index contributed by atoms with van der Waals surface area (Å²) in [6, 6.07) is -0.672. The Kier molecular flexibility index (Phi) is 5.93. The lowest BCUT2D eigenvalue weighted by atomic mass is 10.2. The molecular weight excluding hydrogens is 302 g/mol. The average Bonchev–Trinajstić information content (AvgIpc) is 2.36. The molecule has 9 nitrogen and oxygen atoms in total. The first kappa shape index (κ1) is 17.7. The molecule has 0 spiro atoms. The third-order valence-corrected chi connectivity index (χ3v) is 4.54. The molecule has 1 aliphatic rings. The van der Waals surface area contributed by atoms with Crippen molar-refractivity contribution in [3.05, 3.63) is 0 Å². The van der Waals surface area contributed by atoms with Crippen LogP contribution in [0.25, 0.3) is 0 Å². The van der Waals surface area contributed by atoms with E-state index < -0.39 is 34.4 Å². The Hall–Kier alpha value is -1.39. The first-order valence-corrected chi connectivity index (χ1v) is 8.03. The molecule has 1 atom stereocenters. The maximum Gasteiger partial charge on any atom is 0.422 e. The van der Waals surface area contributed by atoms with Gasteiger partial charge in [0.15, 0.2) is 0 Å². The lowest BCUT2D eigenvalue weighted by Crippen LogP contribution is -2.55. The number of carbonyl (C=O) groups excluding carboxylic acids is 1. The number of hydrogen-bond donors (Lipinski definition) is 2. The highest BCUT2D eigenvalue weighted by Gasteiger charge is 2.32. The molecule has 0 aromatic carbocycles. The maximum atomic E-state index is 12.0. The zero-order chi connectivity index (χ0) is 16.2. The molecule has 0 aromatic heterocycles. The van der Waals surface area contributed by atoms with Gasteiger partial charge in [0.2, 0.25) is 0 Å². The zero-order valence-corrected chi connectivity index (χ0v) is 13.1. The van der Waals surface area contributed by atoms with Crippen LogP contribution in [0.15, 0.2) is 0 Å². The van der Waals surface area contributed by atoms with Crippen LogP contribution in [0.2, 0.25) is 0 Å². The fraction of sp³-hybridized carbons (Fsp3) is 0.818. The van der Waals surface area contributed by atoms with Crippen molar-refractivity contribution in [2.24, 2.45) is 0 Å². The highest BCUT2D eigenvalue weighted by atomic mass is 32.2. The molecule has 0 saturated carbocycles. The minimum absolute atomic E-state index is 0.113. The van der Waals surface area contributed by atoms with Gasteiger partial charge in [0.25, 0.3) is 0 Å². The third-order valence-electron chi connectivity index (χ3n) is 3.07. The molecule has 1 amide bonds. The Labute approximate surface area is 124 Å². The Morgan fingerprint density at radius 1 is 1.14 bits per heavy atom. The number of nitrogens with zero attached hydrogens (tertiary/aromatic N) is 2. The molecule has 122 valence electrons. The normalized spacial score (nSPS) is 19.2. The second-order valence-electron chi connectivity index (χ2n) is 5.01. The van der Waals surface area contributed by atoms with E-state index in [0.29, 0.717) is 0 Å². The molecule has 0 aromatic rings. The summed E-state index contributed by atoms with van der Waals surface area (Å²) in [6.07, 6.45) is -1.44. The van der Waals surface area contributed by atoms with E-state index in [0.717, 1.165) is 4.31 Å². The number of carbonyl (C=O) groups is 2. The van der Waals surface area contributed by atoms with E-state index >= 15 is 0 Å². The number of rotatable bonds is 5. The van der Waals surface area contributed by atoms with Crippen LogP contribution in [0.5, 0.6) is 0 Å². The van der Waals surface area contributed by atoms with Crippen molar-refractivity contribution in [3.8, 4) is 0 Å². The predicted molar refractivity (Wildman–Crippen MR) is 73.9 cm³/mol. The molecule has 0 bridgehead atoms. The van der Waals surface area contributed by atoms with E-state index in [1.807, 2.05) is 4.72 Å². The van der Waals surface area contributed by atoms with Gasteiger partial charge < -0.3 is 9.84 Å². The van der Waals surface area contributed by atoms with Crippen molar-refractivity contribution in [2.45, 2.75) is 32.9 Å². The lowest BCUT2D eigenvalue weighted by molar-refractivity contribution is -0.143. The van der Waals surface area contributed by atoms with Crippen LogP contribution in [-0.4, -0.2) is 73.1 Å². The molecule has 2 N–H and O–H groups in total. The molecule has 0 radical (unpaired) electrons. The first-order chi connectivity index (χ1) is 9.63. The number of amides is 1. The van der Waals surface area contributed by atoms with E-state index in [2.05, 4.69) is 0 Å². The van der Waals surface area contributed by atoms with Gasteiger partial charge in [0.1, 0.15) is 6.04 Å². The van der Waals surface area contributed by atoms with Crippen LogP contribution < -0.4 is 4.72 Å². The van der Waals surface area contributed by atoms with Gasteiger partial charge in [-0.25, -0.2) is 9.52 Å². The maximum absolute atomic E-state index is 12.0. The van der Waals surface area contributed by atoms with Crippen molar-refractivity contribution in [2.75, 3.05) is 26.2 Å². The Balaban J connectivity index is 2.56. The summed E-state index contributed by atoms with van der Waals surface area (Å²) in [5.41, 5.74) is 0. The average molecular weight is 323 g/mol. The van der Waals surface area contributed by atoms with Gasteiger partial charge in [-0.15, -0.1) is 0 Å². The summed E-state index contributed by atoms with van der Waals surface area (Å²) in [7, 11) is -3.96. The summed E-state index contributed by atoms with van der Waals surface area (Å²) in [4.78, 5) is 23.9. The largest absolute Gasteiger partial charge is 0.480 e. The third kappa shape index (κ3) is 5.14. The highest BCUT2D eigenvalue weighted by Crippen LogP contribution is 2.09. The standard InChI is InChI=1S/C11H21N3O6S/c1-8(2)20-11(17)12-21(18,19)14-6-4-13(5-7-14)9(3)10(15)16/h8-9H,4-7H2,1-3H3,(H,12,17)(H,15,16). The smallest absolute Gasteiger partial charge is 0.422 e. The molecule has 1 aliphatic heterocycles. The quantitative estimate of drug-likeness (QED) is 0.697. The van der Waals surface area contributed by atoms with Crippen molar-refractivity contribution >= 4 is 22.3 Å². The van der Waals surface area contributed by atoms with Crippen LogP contribution >= 0.6 is 0 Å². The lowest BCUT2D eigenvalue weighted by Gasteiger charge is -2.35. The van der Waals surface area contributed by atoms with Crippen molar-refractivity contribution < 1.29 is 27.9 Å². The molecule has 1 heterocycles. The number of carboxylic acids is 1. The van der Waals surface area contributed by atoms with Gasteiger partial charge in [-0.3, -0.25) is 9.69 Å². The fourth-order valence-electron chi connectivity index (χ4n) is 1.90. The fourth-order valence-corrected chi connectivity index (χ4v) is 2.93. The molecule has 10 heteroatoms. The summed E-state index contributed by atoms with van der Waals surface area (Å²) in [6.45, 7) is 5.56. The van der Waals surface area contributed by atoms with Crippen molar-refractivity contribution in [1.29, 1.82) is 0 Å². The van der Waals surface area contributed by atoms with Gasteiger partial charge in [-0.1, -0.05) is 0 Å². The van der Waals surface area contributed by atoms with Crippen LogP contribution in [0.1, 0.15) is 20.8 Å². The second-order valence-corrected chi connectivity index (χ2v) is 6.68. The zero-order valence-electron chi connectivity index (χ0n) is 12.3. The number of piperazine rings is 1. The SMILES string of the molecule is CC(C)OC(=O)NS(=O)(=O)N1CCN(C(C)C(=O)O)CC1. The first-order valence-electron chi connectivity index (χ1n) is 6.59. The molecule has 1 rings (SSSR count). The van der Waals surface area contributed by atoms with Crippen LogP contribution in [0.3, 0.4) is 0 Å². The number of aliphatic carboxylic acids is 1. The molecule has 1 fully saturated rings. The predicted octanol–water partition coefficient (Wildman–Crippen LogP) is -0.543. The van der Waals surface area contributed by atoms with Gasteiger partial charge in [-0.2, -0.15) is 12.7 Å². The molecular formula is C11H21N3O6S. The molecule has 1 saturated heterocycles. The van der Waals surface area contributed by atoms with Crippen molar-refractivity contribution in [1.82, 2.24) is 13.9 Å². The Bertz CT molecular complexity index is 484. The summed E-state index contributed by atoms with van der Waals surface area (Å²) in [5, 5.41) is 8.92. The molecule has 21 heavy (non-hydrogen) atoms. The van der Waals surface area contributed by atoms with Gasteiger partial charge in [0, 0.05) is 26.2 Å². The van der Waals surface area contributed by atoms with Gasteiger partial charge in [0.05, 0.1) is 6.10 Å². The van der Waals surface area contributed by atoms with E-state index in [9.17, 15) is 18.0 Å². The van der Waals surface area contributed by atoms with E-state index in [1.54, 1.807) is 25.7 Å². The Morgan fingerprint density at radius 2 is 1.67 bits per heavy atom. The van der Waals surface area contributed by atoms with Crippen LogP contribution in [0, 0.1) is 0 Å². The van der Waals surface area contributed by atoms with Gasteiger partial charge in [-0.05, 0) is 20.8 Å². The Morgan fingerprint density at radius 3 is 2.10 bits per heavy atom. The van der Waals surface area contributed by atoms with E-state index in [1.165, 1.54) is 0 Å². The van der Waals surface area contributed by atoms with Crippen LogP contribution in [-0.2, 0) is 19.7 Å². The minimum Gasteiger partial charge on any atom is -0.480 e. The van der Waals surface area contributed by atoms with E-state index in [-0.39, 0.29) is 26.2 Å². The number of ether oxygens (including phenoxy) is 1. The summed E-state index contributed by atoms with van der Waals surface area (Å²) in [5.74, 6) is -0.954. The van der Waals surface area contributed by atoms with Crippen molar-refractivity contribution in [3.63, 3.8) is 0 Å². The van der Waals surface area contributed by atoms with Gasteiger partial charge >= 0.3 is 22.3 Å². The monoisotopic (exact) mass is 323 g/mol. The second kappa shape index (κ2) is 7.05. The number of hydrogen-bond acceptors (Lipinski definition) is 6. The molecule has 0 aliphatic carbocycles. The minimum atomic E-state index is -3.96.